The van der Waals surface area contributed by atoms with E-state index in [1.54, 1.807) is 0 Å². The van der Waals surface area contributed by atoms with Crippen molar-refractivity contribution in [2.45, 2.75) is 19.5 Å². The number of hydrogen-bond acceptors (Lipinski definition) is 3. The predicted octanol–water partition coefficient (Wildman–Crippen LogP) is 3.26. The Morgan fingerprint density at radius 3 is 3.00 bits per heavy atom. The molecule has 0 radical (unpaired) electrons. The van der Waals surface area contributed by atoms with E-state index in [9.17, 15) is 4.79 Å². The minimum absolute atomic E-state index is 0.154. The Balaban J connectivity index is 1.36. The van der Waals surface area contributed by atoms with E-state index in [0.29, 0.717) is 18.1 Å². The molecule has 1 aliphatic heterocycles. The number of urea groups is 1. The average Bonchev–Trinajstić information content (AvgIpc) is 3.02. The lowest BCUT2D eigenvalue weighted by Gasteiger charge is -2.26. The van der Waals surface area contributed by atoms with Crippen LogP contribution in [0.25, 0.3) is 0 Å². The molecule has 1 aromatic heterocycles. The Bertz CT molecular complexity index is 673. The van der Waals surface area contributed by atoms with Gasteiger partial charge in [-0.25, -0.2) is 4.79 Å². The maximum Gasteiger partial charge on any atom is 0.315 e. The van der Waals surface area contributed by atoms with E-state index >= 15 is 0 Å². The van der Waals surface area contributed by atoms with Crippen molar-refractivity contribution in [2.75, 3.05) is 19.6 Å². The Kier molecular flexibility index (Phi) is 5.54. The van der Waals surface area contributed by atoms with E-state index < -0.39 is 0 Å². The van der Waals surface area contributed by atoms with E-state index in [1.807, 2.05) is 35.6 Å². The molecule has 1 aromatic carbocycles. The molecule has 2 aromatic rings. The Morgan fingerprint density at radius 2 is 2.13 bits per heavy atom. The molecule has 0 fully saturated rings. The molecule has 0 atom stereocenters. The van der Waals surface area contributed by atoms with Crippen LogP contribution < -0.4 is 10.6 Å². The van der Waals surface area contributed by atoms with E-state index in [2.05, 4.69) is 27.0 Å². The van der Waals surface area contributed by atoms with Gasteiger partial charge in [-0.05, 0) is 35.1 Å². The quantitative estimate of drug-likeness (QED) is 0.870. The fourth-order valence-electron chi connectivity index (χ4n) is 2.71. The zero-order valence-corrected chi connectivity index (χ0v) is 14.4. The molecule has 0 aliphatic carbocycles. The summed E-state index contributed by atoms with van der Waals surface area (Å²) in [5, 5.41) is 8.58. The van der Waals surface area contributed by atoms with Crippen LogP contribution in [0, 0.1) is 0 Å². The van der Waals surface area contributed by atoms with E-state index in [4.69, 9.17) is 11.6 Å². The third-order valence-corrected chi connectivity index (χ3v) is 5.39. The molecule has 3 rings (SSSR count). The van der Waals surface area contributed by atoms with E-state index in [1.165, 1.54) is 10.4 Å². The van der Waals surface area contributed by atoms with Gasteiger partial charge in [0.15, 0.2) is 0 Å². The van der Waals surface area contributed by atoms with Gasteiger partial charge in [0, 0.05) is 42.6 Å². The first kappa shape index (κ1) is 16.3. The fraction of sp³-hybridized carbons (Fsp3) is 0.353. The van der Waals surface area contributed by atoms with Gasteiger partial charge in [0.1, 0.15) is 0 Å². The van der Waals surface area contributed by atoms with Gasteiger partial charge in [0.2, 0.25) is 0 Å². The second-order valence-corrected chi connectivity index (χ2v) is 7.00. The number of halogens is 1. The Hall–Kier alpha value is -1.56. The first-order valence-corrected chi connectivity index (χ1v) is 9.01. The smallest absolute Gasteiger partial charge is 0.315 e. The van der Waals surface area contributed by atoms with Crippen molar-refractivity contribution in [3.05, 3.63) is 56.7 Å². The molecule has 4 nitrogen and oxygen atoms in total. The molecule has 2 amide bonds. The summed E-state index contributed by atoms with van der Waals surface area (Å²) in [6.07, 6.45) is 1.12. The molecule has 2 N–H and O–H groups in total. The molecule has 6 heteroatoms. The lowest BCUT2D eigenvalue weighted by atomic mass is 10.1. The van der Waals surface area contributed by atoms with Crippen LogP contribution in [-0.4, -0.2) is 30.6 Å². The summed E-state index contributed by atoms with van der Waals surface area (Å²) in [5.74, 6) is 0. The number of hydrogen-bond donors (Lipinski definition) is 2. The van der Waals surface area contributed by atoms with E-state index in [0.717, 1.165) is 31.6 Å². The first-order chi connectivity index (χ1) is 11.2. The Morgan fingerprint density at radius 1 is 1.26 bits per heavy atom. The lowest BCUT2D eigenvalue weighted by molar-refractivity contribution is 0.231. The van der Waals surface area contributed by atoms with Crippen LogP contribution in [0.15, 0.2) is 35.7 Å². The largest absolute Gasteiger partial charge is 0.337 e. The minimum atomic E-state index is -0.154. The van der Waals surface area contributed by atoms with Gasteiger partial charge < -0.3 is 10.6 Å². The van der Waals surface area contributed by atoms with Crippen molar-refractivity contribution in [3.63, 3.8) is 0 Å². The highest BCUT2D eigenvalue weighted by molar-refractivity contribution is 7.10. The van der Waals surface area contributed by atoms with Gasteiger partial charge in [-0.1, -0.05) is 29.8 Å². The van der Waals surface area contributed by atoms with Crippen LogP contribution >= 0.6 is 22.9 Å². The number of carbonyl (C=O) groups excluding carboxylic acids is 1. The van der Waals surface area contributed by atoms with Crippen molar-refractivity contribution < 1.29 is 4.79 Å². The van der Waals surface area contributed by atoms with Crippen LogP contribution in [0.1, 0.15) is 16.0 Å². The number of carbonyl (C=O) groups is 1. The molecule has 2 heterocycles. The summed E-state index contributed by atoms with van der Waals surface area (Å²) >= 11 is 7.91. The van der Waals surface area contributed by atoms with E-state index in [-0.39, 0.29) is 6.03 Å². The van der Waals surface area contributed by atoms with Gasteiger partial charge >= 0.3 is 6.03 Å². The number of amides is 2. The fourth-order valence-corrected chi connectivity index (χ4v) is 3.80. The highest BCUT2D eigenvalue weighted by atomic mass is 35.5. The molecule has 122 valence electrons. The van der Waals surface area contributed by atoms with Crippen LogP contribution in [0.3, 0.4) is 0 Å². The number of nitrogens with one attached hydrogen (secondary N) is 2. The second kappa shape index (κ2) is 7.81. The lowest BCUT2D eigenvalue weighted by Crippen LogP contribution is -2.41. The molecule has 0 saturated heterocycles. The number of nitrogens with zero attached hydrogens (tertiary/aromatic N) is 1. The number of benzene rings is 1. The summed E-state index contributed by atoms with van der Waals surface area (Å²) in [5.41, 5.74) is 2.36. The molecule has 0 saturated carbocycles. The van der Waals surface area contributed by atoms with Gasteiger partial charge in [-0.2, -0.15) is 0 Å². The van der Waals surface area contributed by atoms with Crippen LogP contribution in [0.2, 0.25) is 5.02 Å². The van der Waals surface area contributed by atoms with Crippen LogP contribution in [-0.2, 0) is 19.5 Å². The summed E-state index contributed by atoms with van der Waals surface area (Å²) in [4.78, 5) is 15.7. The van der Waals surface area contributed by atoms with Gasteiger partial charge in [-0.3, -0.25) is 4.90 Å². The molecular formula is C17H20ClN3OS. The molecular weight excluding hydrogens is 330 g/mol. The van der Waals surface area contributed by atoms with Crippen LogP contribution in [0.5, 0.6) is 0 Å². The summed E-state index contributed by atoms with van der Waals surface area (Å²) in [7, 11) is 0. The first-order valence-electron chi connectivity index (χ1n) is 7.75. The summed E-state index contributed by atoms with van der Waals surface area (Å²) < 4.78 is 0. The standard InChI is InChI=1S/C17H20ClN3OS/c18-15-4-2-1-3-13(15)11-20-17(22)19-7-9-21-8-5-16-14(12-21)6-10-23-16/h1-4,6,10H,5,7-9,11-12H2,(H2,19,20,22). The zero-order valence-electron chi connectivity index (χ0n) is 12.8. The average molecular weight is 350 g/mol. The topological polar surface area (TPSA) is 44.4 Å². The summed E-state index contributed by atoms with van der Waals surface area (Å²) in [6.45, 7) is 4.01. The number of thiophene rings is 1. The monoisotopic (exact) mass is 349 g/mol. The molecule has 1 aliphatic rings. The van der Waals surface area contributed by atoms with Gasteiger partial charge in [0.05, 0.1) is 0 Å². The maximum atomic E-state index is 11.8. The molecule has 0 unspecified atom stereocenters. The Labute approximate surface area is 145 Å². The SMILES string of the molecule is O=C(NCCN1CCc2sccc2C1)NCc1ccccc1Cl. The zero-order chi connectivity index (χ0) is 16.1. The number of rotatable bonds is 5. The number of fused-ring (bicyclic) bond motifs is 1. The molecule has 23 heavy (non-hydrogen) atoms. The third-order valence-electron chi connectivity index (χ3n) is 4.00. The van der Waals surface area contributed by atoms with Crippen molar-refractivity contribution in [1.82, 2.24) is 15.5 Å². The molecule has 0 bridgehead atoms. The predicted molar refractivity (Wildman–Crippen MR) is 95.0 cm³/mol. The van der Waals surface area contributed by atoms with Crippen molar-refractivity contribution in [3.8, 4) is 0 Å². The van der Waals surface area contributed by atoms with Crippen molar-refractivity contribution in [1.29, 1.82) is 0 Å². The van der Waals surface area contributed by atoms with Gasteiger partial charge in [-0.15, -0.1) is 11.3 Å². The molecule has 0 spiro atoms. The van der Waals surface area contributed by atoms with Gasteiger partial charge in [0.25, 0.3) is 0 Å². The summed E-state index contributed by atoms with van der Waals surface area (Å²) in [6, 6.07) is 9.58. The normalized spacial score (nSPS) is 14.3. The maximum absolute atomic E-state index is 11.8. The minimum Gasteiger partial charge on any atom is -0.337 e. The van der Waals surface area contributed by atoms with Crippen LogP contribution in [0.4, 0.5) is 4.79 Å². The third kappa shape index (κ3) is 4.47. The van der Waals surface area contributed by atoms with Crippen molar-refractivity contribution >= 4 is 29.0 Å². The highest BCUT2D eigenvalue weighted by Gasteiger charge is 2.16. The second-order valence-electron chi connectivity index (χ2n) is 5.60. The van der Waals surface area contributed by atoms with Crippen molar-refractivity contribution in [2.24, 2.45) is 0 Å². The highest BCUT2D eigenvalue weighted by Crippen LogP contribution is 2.23.